The van der Waals surface area contributed by atoms with Crippen LogP contribution in [0.3, 0.4) is 0 Å². The van der Waals surface area contributed by atoms with Gasteiger partial charge in [0.25, 0.3) is 5.56 Å². The quantitative estimate of drug-likeness (QED) is 0.206. The summed E-state index contributed by atoms with van der Waals surface area (Å²) < 4.78 is 16.9. The van der Waals surface area contributed by atoms with E-state index in [1.54, 1.807) is 22.9 Å². The highest BCUT2D eigenvalue weighted by Gasteiger charge is 2.40. The van der Waals surface area contributed by atoms with Crippen LogP contribution in [0, 0.1) is 5.92 Å². The van der Waals surface area contributed by atoms with Crippen molar-refractivity contribution >= 4 is 33.1 Å². The van der Waals surface area contributed by atoms with Crippen molar-refractivity contribution < 1.29 is 9.16 Å². The number of anilines is 1. The molecule has 0 bridgehead atoms. The summed E-state index contributed by atoms with van der Waals surface area (Å²) in [5.41, 5.74) is 8.92. The molecule has 38 heavy (non-hydrogen) atoms. The van der Waals surface area contributed by atoms with Gasteiger partial charge in [0.2, 0.25) is 0 Å². The van der Waals surface area contributed by atoms with Crippen LogP contribution in [0.25, 0.3) is 11.0 Å². The van der Waals surface area contributed by atoms with Gasteiger partial charge in [0.05, 0.1) is 29.4 Å². The van der Waals surface area contributed by atoms with Crippen LogP contribution in [0.2, 0.25) is 43.8 Å². The van der Waals surface area contributed by atoms with Gasteiger partial charge in [-0.15, -0.1) is 0 Å². The minimum atomic E-state index is -2.04. The third-order valence-electron chi connectivity index (χ3n) is 7.61. The van der Waals surface area contributed by atoms with E-state index >= 15 is 0 Å². The van der Waals surface area contributed by atoms with E-state index in [4.69, 9.17) is 19.9 Å². The van der Waals surface area contributed by atoms with Gasteiger partial charge in [0, 0.05) is 26.4 Å². The molecular formula is C29H48N4O3Si2. The lowest BCUT2D eigenvalue weighted by molar-refractivity contribution is 0.0876. The molecule has 0 fully saturated rings. The van der Waals surface area contributed by atoms with Crippen molar-refractivity contribution in [1.82, 2.24) is 14.1 Å². The average molecular weight is 557 g/mol. The van der Waals surface area contributed by atoms with Crippen LogP contribution >= 0.6 is 0 Å². The van der Waals surface area contributed by atoms with Crippen LogP contribution in [0.4, 0.5) is 5.69 Å². The van der Waals surface area contributed by atoms with Gasteiger partial charge in [-0.2, -0.15) is 0 Å². The molecule has 0 aliphatic rings. The fourth-order valence-corrected chi connectivity index (χ4v) is 6.27. The van der Waals surface area contributed by atoms with Crippen LogP contribution < -0.4 is 11.3 Å². The lowest BCUT2D eigenvalue weighted by atomic mass is 9.98. The van der Waals surface area contributed by atoms with Crippen LogP contribution in [-0.4, -0.2) is 37.1 Å². The number of nitrogen functional groups attached to an aromatic ring is 1. The summed E-state index contributed by atoms with van der Waals surface area (Å²) in [6.45, 7) is 24.3. The number of hydrogen-bond donors (Lipinski definition) is 1. The molecule has 1 unspecified atom stereocenters. The fourth-order valence-electron chi connectivity index (χ4n) is 4.13. The number of rotatable bonds is 11. The second-order valence-corrected chi connectivity index (χ2v) is 23.8. The SMILES string of the molecule is CC(C)C(O[Si](C)(C)C(C)(C)C)c1cccc2c1nc(Cn1cccc(N)c1=O)n2COCC[Si](C)(C)C. The maximum Gasteiger partial charge on any atom is 0.274 e. The molecule has 210 valence electrons. The number of aromatic nitrogens is 3. The van der Waals surface area contributed by atoms with E-state index in [1.807, 2.05) is 0 Å². The van der Waals surface area contributed by atoms with Crippen molar-refractivity contribution in [3.05, 3.63) is 58.3 Å². The minimum absolute atomic E-state index is 0.0845. The summed E-state index contributed by atoms with van der Waals surface area (Å²) in [5.74, 6) is 1.04. The Bertz CT molecular complexity index is 1300. The molecule has 1 atom stereocenters. The first-order valence-electron chi connectivity index (χ1n) is 13.7. The highest BCUT2D eigenvalue weighted by atomic mass is 28.4. The van der Waals surface area contributed by atoms with Gasteiger partial charge in [-0.25, -0.2) is 4.98 Å². The molecule has 1 aromatic carbocycles. The fraction of sp³-hybridized carbons (Fsp3) is 0.586. The zero-order chi connectivity index (χ0) is 28.5. The minimum Gasteiger partial charge on any atom is -0.410 e. The number of fused-ring (bicyclic) bond motifs is 1. The van der Waals surface area contributed by atoms with Crippen LogP contribution in [0.15, 0.2) is 41.3 Å². The monoisotopic (exact) mass is 556 g/mol. The van der Waals surface area contributed by atoms with Gasteiger partial charge in [0.15, 0.2) is 8.32 Å². The van der Waals surface area contributed by atoms with E-state index < -0.39 is 16.4 Å². The van der Waals surface area contributed by atoms with E-state index in [-0.39, 0.29) is 28.3 Å². The highest BCUT2D eigenvalue weighted by molar-refractivity contribution is 6.76. The molecule has 9 heteroatoms. The van der Waals surface area contributed by atoms with Crippen molar-refractivity contribution in [2.24, 2.45) is 5.92 Å². The number of nitrogens with two attached hydrogens (primary N) is 1. The van der Waals surface area contributed by atoms with Crippen LogP contribution in [0.5, 0.6) is 0 Å². The van der Waals surface area contributed by atoms with Crippen LogP contribution in [-0.2, 0) is 22.4 Å². The Morgan fingerprint density at radius 3 is 2.34 bits per heavy atom. The van der Waals surface area contributed by atoms with Crippen molar-refractivity contribution in [1.29, 1.82) is 0 Å². The van der Waals surface area contributed by atoms with Crippen molar-refractivity contribution in [3.8, 4) is 0 Å². The summed E-state index contributed by atoms with van der Waals surface area (Å²) in [7, 11) is -3.26. The maximum absolute atomic E-state index is 12.7. The summed E-state index contributed by atoms with van der Waals surface area (Å²) in [6, 6.07) is 10.8. The predicted octanol–water partition coefficient (Wildman–Crippen LogP) is 6.86. The van der Waals surface area contributed by atoms with Gasteiger partial charge in [-0.1, -0.05) is 66.4 Å². The number of ether oxygens (including phenoxy) is 1. The molecular weight excluding hydrogens is 509 g/mol. The molecule has 0 spiro atoms. The molecule has 3 rings (SSSR count). The molecule has 2 N–H and O–H groups in total. The summed E-state index contributed by atoms with van der Waals surface area (Å²) in [4.78, 5) is 17.9. The first-order valence-corrected chi connectivity index (χ1v) is 20.3. The molecule has 0 radical (unpaired) electrons. The molecule has 0 saturated carbocycles. The van der Waals surface area contributed by atoms with E-state index in [1.165, 1.54) is 0 Å². The van der Waals surface area contributed by atoms with Crippen molar-refractivity contribution in [3.63, 3.8) is 0 Å². The van der Waals surface area contributed by atoms with Crippen molar-refractivity contribution in [2.45, 2.75) is 97.8 Å². The largest absolute Gasteiger partial charge is 0.410 e. The Labute approximate surface area is 230 Å². The second-order valence-electron chi connectivity index (χ2n) is 13.5. The molecule has 0 aliphatic carbocycles. The summed E-state index contributed by atoms with van der Waals surface area (Å²) in [5, 5.41) is 0.0944. The number of benzene rings is 1. The van der Waals surface area contributed by atoms with Gasteiger partial charge >= 0.3 is 0 Å². The molecule has 7 nitrogen and oxygen atoms in total. The topological polar surface area (TPSA) is 84.3 Å². The lowest BCUT2D eigenvalue weighted by Crippen LogP contribution is -2.42. The normalized spacial score (nSPS) is 14.0. The van der Waals surface area contributed by atoms with E-state index in [0.717, 1.165) is 28.5 Å². The number of pyridine rings is 1. The number of nitrogens with zero attached hydrogens (tertiary/aromatic N) is 3. The Hall–Kier alpha value is -2.21. The number of hydrogen-bond acceptors (Lipinski definition) is 5. The van der Waals surface area contributed by atoms with Gasteiger partial charge in [-0.3, -0.25) is 4.79 Å². The lowest BCUT2D eigenvalue weighted by Gasteiger charge is -2.40. The first kappa shape index (κ1) is 30.3. The van der Waals surface area contributed by atoms with E-state index in [9.17, 15) is 4.79 Å². The van der Waals surface area contributed by atoms with E-state index in [0.29, 0.717) is 19.9 Å². The summed E-state index contributed by atoms with van der Waals surface area (Å²) >= 11 is 0. The Morgan fingerprint density at radius 1 is 1.05 bits per heavy atom. The average Bonchev–Trinajstić information content (AvgIpc) is 3.14. The Balaban J connectivity index is 2.10. The smallest absolute Gasteiger partial charge is 0.274 e. The van der Waals surface area contributed by atoms with Gasteiger partial charge in [0.1, 0.15) is 12.6 Å². The zero-order valence-electron chi connectivity index (χ0n) is 25.1. The maximum atomic E-state index is 12.7. The highest BCUT2D eigenvalue weighted by Crippen LogP contribution is 2.42. The third kappa shape index (κ3) is 7.05. The molecule has 0 aliphatic heterocycles. The Kier molecular flexibility index (Phi) is 9.18. The molecule has 3 aromatic rings. The standard InChI is InChI=1S/C29H48N4O3Si2/c1-21(2)27(36-38(9,10)29(3,4)5)22-13-11-15-24-26(22)31-25(19-32-16-12-14-23(30)28(32)34)33(24)20-35-17-18-37(6,7)8/h11-16,21,27H,17-20,30H2,1-10H3. The summed E-state index contributed by atoms with van der Waals surface area (Å²) in [6.07, 6.45) is 1.67. The van der Waals surface area contributed by atoms with Gasteiger partial charge < -0.3 is 24.0 Å². The number of imidazole rings is 1. The van der Waals surface area contributed by atoms with E-state index in [2.05, 4.69) is 90.1 Å². The zero-order valence-corrected chi connectivity index (χ0v) is 27.1. The molecule has 2 aromatic heterocycles. The van der Waals surface area contributed by atoms with Crippen molar-refractivity contribution in [2.75, 3.05) is 12.3 Å². The Morgan fingerprint density at radius 2 is 1.74 bits per heavy atom. The van der Waals surface area contributed by atoms with Gasteiger partial charge in [-0.05, 0) is 48.3 Å². The molecule has 2 heterocycles. The first-order chi connectivity index (χ1) is 17.5. The number of para-hydroxylation sites is 1. The van der Waals surface area contributed by atoms with Crippen LogP contribution in [0.1, 0.15) is 52.1 Å². The third-order valence-corrected chi connectivity index (χ3v) is 13.8. The predicted molar refractivity (Wildman–Crippen MR) is 164 cm³/mol. The molecule has 0 saturated heterocycles. The molecule has 0 amide bonds. The second kappa shape index (κ2) is 11.5.